The Balaban J connectivity index is 2.03. The fourth-order valence-corrected chi connectivity index (χ4v) is 3.08. The first kappa shape index (κ1) is 9.04. The lowest BCUT2D eigenvalue weighted by Gasteiger charge is -2.06. The first-order valence-electron chi connectivity index (χ1n) is 5.33. The summed E-state index contributed by atoms with van der Waals surface area (Å²) in [7, 11) is 0. The molecule has 0 atom stereocenters. The van der Waals surface area contributed by atoms with Crippen LogP contribution in [0, 0.1) is 0 Å². The molecule has 3 heteroatoms. The van der Waals surface area contributed by atoms with Crippen LogP contribution >= 0.6 is 11.3 Å². The van der Waals surface area contributed by atoms with Gasteiger partial charge >= 0.3 is 0 Å². The lowest BCUT2D eigenvalue weighted by atomic mass is 10.0. The Morgan fingerprint density at radius 1 is 1.13 bits per heavy atom. The fourth-order valence-electron chi connectivity index (χ4n) is 1.95. The quantitative estimate of drug-likeness (QED) is 0.732. The van der Waals surface area contributed by atoms with Gasteiger partial charge in [0.1, 0.15) is 5.01 Å². The van der Waals surface area contributed by atoms with Gasteiger partial charge in [0.2, 0.25) is 0 Å². The molecule has 15 heavy (non-hydrogen) atoms. The van der Waals surface area contributed by atoms with Gasteiger partial charge in [-0.25, -0.2) is 4.98 Å². The molecule has 1 aliphatic rings. The van der Waals surface area contributed by atoms with Crippen molar-refractivity contribution in [2.45, 2.75) is 25.7 Å². The summed E-state index contributed by atoms with van der Waals surface area (Å²) in [4.78, 5) is 10.5. The van der Waals surface area contributed by atoms with E-state index in [1.54, 1.807) is 0 Å². The van der Waals surface area contributed by atoms with Crippen LogP contribution < -0.4 is 0 Å². The van der Waals surface area contributed by atoms with Crippen LogP contribution in [0.1, 0.15) is 23.4 Å². The van der Waals surface area contributed by atoms with Gasteiger partial charge in [0, 0.05) is 11.1 Å². The topological polar surface area (TPSA) is 25.8 Å². The molecule has 0 amide bonds. The highest BCUT2D eigenvalue weighted by atomic mass is 32.1. The van der Waals surface area contributed by atoms with E-state index in [-0.39, 0.29) is 0 Å². The minimum Gasteiger partial charge on any atom is -0.254 e. The third kappa shape index (κ3) is 1.67. The standard InChI is InChI=1S/C12H12N2S/c1-2-7-11-9(5-1)14-12(15-11)10-6-3-4-8-13-10/h3-4,6,8H,1-2,5,7H2. The van der Waals surface area contributed by atoms with Crippen LogP contribution in [0.15, 0.2) is 24.4 Å². The maximum Gasteiger partial charge on any atom is 0.142 e. The zero-order valence-corrected chi connectivity index (χ0v) is 9.26. The van der Waals surface area contributed by atoms with Gasteiger partial charge in [-0.15, -0.1) is 11.3 Å². The van der Waals surface area contributed by atoms with Crippen molar-refractivity contribution < 1.29 is 0 Å². The molecule has 2 nitrogen and oxygen atoms in total. The van der Waals surface area contributed by atoms with E-state index in [2.05, 4.69) is 9.97 Å². The van der Waals surface area contributed by atoms with Gasteiger partial charge < -0.3 is 0 Å². The maximum atomic E-state index is 4.68. The summed E-state index contributed by atoms with van der Waals surface area (Å²) < 4.78 is 0. The van der Waals surface area contributed by atoms with Crippen molar-refractivity contribution in [3.05, 3.63) is 35.0 Å². The molecule has 3 rings (SSSR count). The van der Waals surface area contributed by atoms with Gasteiger partial charge in [-0.3, -0.25) is 4.98 Å². The van der Waals surface area contributed by atoms with Crippen molar-refractivity contribution in [2.75, 3.05) is 0 Å². The largest absolute Gasteiger partial charge is 0.254 e. The van der Waals surface area contributed by atoms with Crippen LogP contribution in [0.4, 0.5) is 0 Å². The van der Waals surface area contributed by atoms with Gasteiger partial charge in [0.15, 0.2) is 0 Å². The minimum absolute atomic E-state index is 1.01. The van der Waals surface area contributed by atoms with Crippen LogP contribution in [-0.2, 0) is 12.8 Å². The Kier molecular flexibility index (Phi) is 2.25. The predicted molar refractivity (Wildman–Crippen MR) is 62.0 cm³/mol. The molecule has 0 saturated heterocycles. The van der Waals surface area contributed by atoms with E-state index >= 15 is 0 Å². The van der Waals surface area contributed by atoms with Crippen molar-refractivity contribution >= 4 is 11.3 Å². The summed E-state index contributed by atoms with van der Waals surface area (Å²) in [5.74, 6) is 0. The molecule has 0 fully saturated rings. The average molecular weight is 216 g/mol. The molecule has 2 aromatic rings. The molecule has 1 aliphatic carbocycles. The number of nitrogens with zero attached hydrogens (tertiary/aromatic N) is 2. The minimum atomic E-state index is 1.01. The smallest absolute Gasteiger partial charge is 0.142 e. The Hall–Kier alpha value is -1.22. The summed E-state index contributed by atoms with van der Waals surface area (Å²) in [6, 6.07) is 5.99. The number of hydrogen-bond donors (Lipinski definition) is 0. The highest BCUT2D eigenvalue weighted by Crippen LogP contribution is 2.31. The first-order valence-corrected chi connectivity index (χ1v) is 6.15. The maximum absolute atomic E-state index is 4.68. The second-order valence-electron chi connectivity index (χ2n) is 3.81. The fraction of sp³-hybridized carbons (Fsp3) is 0.333. The normalized spacial score (nSPS) is 14.9. The van der Waals surface area contributed by atoms with Crippen LogP contribution in [0.3, 0.4) is 0 Å². The van der Waals surface area contributed by atoms with Crippen molar-refractivity contribution in [1.82, 2.24) is 9.97 Å². The van der Waals surface area contributed by atoms with E-state index in [0.29, 0.717) is 0 Å². The van der Waals surface area contributed by atoms with E-state index < -0.39 is 0 Å². The van der Waals surface area contributed by atoms with Crippen molar-refractivity contribution in [2.24, 2.45) is 0 Å². The Morgan fingerprint density at radius 3 is 2.87 bits per heavy atom. The number of pyridine rings is 1. The van der Waals surface area contributed by atoms with E-state index in [1.807, 2.05) is 35.7 Å². The summed E-state index contributed by atoms with van der Waals surface area (Å²) in [6.45, 7) is 0. The van der Waals surface area contributed by atoms with Crippen molar-refractivity contribution in [3.63, 3.8) is 0 Å². The lowest BCUT2D eigenvalue weighted by molar-refractivity contribution is 0.682. The molecular weight excluding hydrogens is 204 g/mol. The van der Waals surface area contributed by atoms with Gasteiger partial charge in [-0.05, 0) is 37.8 Å². The van der Waals surface area contributed by atoms with Crippen LogP contribution in [0.5, 0.6) is 0 Å². The van der Waals surface area contributed by atoms with Crippen LogP contribution in [0.2, 0.25) is 0 Å². The predicted octanol–water partition coefficient (Wildman–Crippen LogP) is 3.08. The second kappa shape index (κ2) is 3.74. The van der Waals surface area contributed by atoms with Crippen molar-refractivity contribution in [1.29, 1.82) is 0 Å². The van der Waals surface area contributed by atoms with Crippen molar-refractivity contribution in [3.8, 4) is 10.7 Å². The molecule has 0 bridgehead atoms. The van der Waals surface area contributed by atoms with Crippen LogP contribution in [0.25, 0.3) is 10.7 Å². The Labute approximate surface area is 93.0 Å². The summed E-state index contributed by atoms with van der Waals surface area (Å²) >= 11 is 1.81. The molecule has 0 N–H and O–H groups in total. The number of aryl methyl sites for hydroxylation is 2. The van der Waals surface area contributed by atoms with E-state index in [1.165, 1.54) is 29.8 Å². The molecule has 0 aliphatic heterocycles. The molecule has 2 aromatic heterocycles. The Bertz CT molecular complexity index is 438. The van der Waals surface area contributed by atoms with Gasteiger partial charge in [-0.1, -0.05) is 6.07 Å². The number of thiazole rings is 1. The molecular formula is C12H12N2S. The molecule has 0 saturated carbocycles. The molecule has 0 spiro atoms. The monoisotopic (exact) mass is 216 g/mol. The van der Waals surface area contributed by atoms with Gasteiger partial charge in [0.25, 0.3) is 0 Å². The summed E-state index contributed by atoms with van der Waals surface area (Å²) in [6.07, 6.45) is 6.80. The number of aromatic nitrogens is 2. The molecule has 2 heterocycles. The summed E-state index contributed by atoms with van der Waals surface area (Å²) in [5, 5.41) is 1.09. The van der Waals surface area contributed by atoms with Gasteiger partial charge in [0.05, 0.1) is 11.4 Å². The van der Waals surface area contributed by atoms with Gasteiger partial charge in [-0.2, -0.15) is 0 Å². The molecule has 0 radical (unpaired) electrons. The SMILES string of the molecule is c1ccc(-c2nc3c(s2)CCCC3)nc1. The molecule has 0 aromatic carbocycles. The van der Waals surface area contributed by atoms with Crippen LogP contribution in [-0.4, -0.2) is 9.97 Å². The number of rotatable bonds is 1. The highest BCUT2D eigenvalue weighted by Gasteiger charge is 2.15. The summed E-state index contributed by atoms with van der Waals surface area (Å²) in [5.41, 5.74) is 2.32. The molecule has 0 unspecified atom stereocenters. The third-order valence-electron chi connectivity index (χ3n) is 2.73. The third-order valence-corrected chi connectivity index (χ3v) is 3.91. The zero-order chi connectivity index (χ0) is 10.1. The van der Waals surface area contributed by atoms with E-state index in [9.17, 15) is 0 Å². The first-order chi connectivity index (χ1) is 7.43. The van der Waals surface area contributed by atoms with E-state index in [4.69, 9.17) is 0 Å². The number of fused-ring (bicyclic) bond motifs is 1. The van der Waals surface area contributed by atoms with E-state index in [0.717, 1.165) is 17.1 Å². The Morgan fingerprint density at radius 2 is 2.07 bits per heavy atom. The highest BCUT2D eigenvalue weighted by molar-refractivity contribution is 7.15. The zero-order valence-electron chi connectivity index (χ0n) is 8.44. The molecule has 76 valence electrons. The second-order valence-corrected chi connectivity index (χ2v) is 4.89. The lowest BCUT2D eigenvalue weighted by Crippen LogP contribution is -1.98. The average Bonchev–Trinajstić information content (AvgIpc) is 2.74. The number of hydrogen-bond acceptors (Lipinski definition) is 3.